The number of benzene rings is 2. The number of amides is 1. The molecule has 0 N–H and O–H groups in total. The van der Waals surface area contributed by atoms with Gasteiger partial charge < -0.3 is 4.57 Å². The molecule has 0 spiro atoms. The van der Waals surface area contributed by atoms with Gasteiger partial charge in [0, 0.05) is 7.05 Å². The zero-order valence-electron chi connectivity index (χ0n) is 14.2. The molecule has 0 saturated heterocycles. The molecule has 1 amide bonds. The van der Waals surface area contributed by atoms with Gasteiger partial charge in [-0.2, -0.15) is 4.99 Å². The van der Waals surface area contributed by atoms with Gasteiger partial charge in [-0.25, -0.2) is 8.42 Å². The second kappa shape index (κ2) is 6.57. The highest BCUT2D eigenvalue weighted by molar-refractivity contribution is 7.92. The maximum absolute atomic E-state index is 12.3. The van der Waals surface area contributed by atoms with Gasteiger partial charge in [0.2, 0.25) is 0 Å². The molecule has 0 fully saturated rings. The third-order valence-corrected chi connectivity index (χ3v) is 6.77. The summed E-state index contributed by atoms with van der Waals surface area (Å²) in [5.41, 5.74) is 3.30. The van der Waals surface area contributed by atoms with Crippen molar-refractivity contribution in [3.8, 4) is 0 Å². The fourth-order valence-corrected chi connectivity index (χ4v) is 4.74. The quantitative estimate of drug-likeness (QED) is 0.708. The zero-order chi connectivity index (χ0) is 18.2. The van der Waals surface area contributed by atoms with Gasteiger partial charge in [-0.05, 0) is 49.2 Å². The molecule has 0 saturated carbocycles. The highest BCUT2D eigenvalue weighted by atomic mass is 32.2. The van der Waals surface area contributed by atoms with Crippen LogP contribution in [-0.2, 0) is 21.7 Å². The minimum atomic E-state index is -3.68. The third kappa shape index (κ3) is 3.57. The largest absolute Gasteiger partial charge is 0.319 e. The van der Waals surface area contributed by atoms with E-state index in [2.05, 4.69) is 11.1 Å². The Bertz CT molecular complexity index is 1120. The lowest BCUT2D eigenvalue weighted by Crippen LogP contribution is -2.19. The summed E-state index contributed by atoms with van der Waals surface area (Å²) in [7, 11) is -1.86. The summed E-state index contributed by atoms with van der Waals surface area (Å²) in [6, 6.07) is 12.1. The van der Waals surface area contributed by atoms with E-state index in [0.29, 0.717) is 4.80 Å². The van der Waals surface area contributed by atoms with Crippen LogP contribution in [0, 0.1) is 13.8 Å². The lowest BCUT2D eigenvalue weighted by Gasteiger charge is -2.01. The van der Waals surface area contributed by atoms with Crippen LogP contribution < -0.4 is 4.80 Å². The topological polar surface area (TPSA) is 68.5 Å². The van der Waals surface area contributed by atoms with Gasteiger partial charge >= 0.3 is 0 Å². The van der Waals surface area contributed by atoms with Crippen molar-refractivity contribution >= 4 is 37.3 Å². The third-order valence-electron chi connectivity index (χ3n) is 4.06. The first kappa shape index (κ1) is 17.6. The second-order valence-electron chi connectivity index (χ2n) is 5.93. The first-order valence-electron chi connectivity index (χ1n) is 7.70. The molecule has 0 aliphatic carbocycles. The number of aryl methyl sites for hydroxylation is 3. The average Bonchev–Trinajstić information content (AvgIpc) is 2.84. The number of carbonyl (C=O) groups is 1. The molecule has 5 nitrogen and oxygen atoms in total. The molecule has 1 heterocycles. The number of sulfone groups is 1. The van der Waals surface area contributed by atoms with E-state index in [0.717, 1.165) is 15.8 Å². The fourth-order valence-electron chi connectivity index (χ4n) is 2.50. The number of carbonyl (C=O) groups excluding carboxylic acids is 1. The SMILES string of the molecule is Cc1cc2sc(=NC(=O)CS(=O)(=O)c3ccccc3)n(C)c2cc1C. The first-order valence-corrected chi connectivity index (χ1v) is 10.2. The number of fused-ring (bicyclic) bond motifs is 1. The van der Waals surface area contributed by atoms with E-state index in [1.165, 1.54) is 29.0 Å². The smallest absolute Gasteiger partial charge is 0.263 e. The van der Waals surface area contributed by atoms with Crippen LogP contribution >= 0.6 is 11.3 Å². The second-order valence-corrected chi connectivity index (χ2v) is 8.92. The molecular formula is C18H18N2O3S2. The standard InChI is InChI=1S/C18H18N2O3S2/c1-12-9-15-16(10-13(12)2)24-18(20(15)3)19-17(21)11-25(22,23)14-7-5-4-6-8-14/h4-10H,11H2,1-3H3. The molecular weight excluding hydrogens is 356 g/mol. The minimum Gasteiger partial charge on any atom is -0.319 e. The van der Waals surface area contributed by atoms with Gasteiger partial charge in [-0.3, -0.25) is 4.79 Å². The van der Waals surface area contributed by atoms with Gasteiger partial charge in [-0.15, -0.1) is 0 Å². The van der Waals surface area contributed by atoms with Crippen LogP contribution in [0.25, 0.3) is 10.2 Å². The Kier molecular flexibility index (Phi) is 4.62. The summed E-state index contributed by atoms with van der Waals surface area (Å²) in [5.74, 6) is -1.30. The lowest BCUT2D eigenvalue weighted by molar-refractivity contribution is -0.115. The molecule has 7 heteroatoms. The molecule has 3 rings (SSSR count). The first-order chi connectivity index (χ1) is 11.8. The van der Waals surface area contributed by atoms with Crippen molar-refractivity contribution in [2.45, 2.75) is 18.7 Å². The molecule has 130 valence electrons. The molecule has 0 bridgehead atoms. The molecule has 0 atom stereocenters. The molecule has 0 aliphatic heterocycles. The Morgan fingerprint density at radius 2 is 1.76 bits per heavy atom. The van der Waals surface area contributed by atoms with Gasteiger partial charge in [0.15, 0.2) is 14.6 Å². The Labute approximate surface area is 150 Å². The van der Waals surface area contributed by atoms with E-state index in [-0.39, 0.29) is 4.90 Å². The minimum absolute atomic E-state index is 0.130. The normalized spacial score (nSPS) is 12.7. The number of nitrogens with zero attached hydrogens (tertiary/aromatic N) is 2. The Morgan fingerprint density at radius 3 is 2.44 bits per heavy atom. The molecule has 1 aromatic heterocycles. The van der Waals surface area contributed by atoms with E-state index >= 15 is 0 Å². The number of thiazole rings is 1. The molecule has 0 aliphatic rings. The monoisotopic (exact) mass is 374 g/mol. The van der Waals surface area contributed by atoms with E-state index in [9.17, 15) is 13.2 Å². The van der Waals surface area contributed by atoms with Crippen molar-refractivity contribution in [3.63, 3.8) is 0 Å². The van der Waals surface area contributed by atoms with Crippen LogP contribution in [0.4, 0.5) is 0 Å². The summed E-state index contributed by atoms with van der Waals surface area (Å²) in [5, 5.41) is 0. The van der Waals surface area contributed by atoms with Crippen molar-refractivity contribution in [2.75, 3.05) is 5.75 Å². The van der Waals surface area contributed by atoms with Crippen molar-refractivity contribution in [1.82, 2.24) is 4.57 Å². The van der Waals surface area contributed by atoms with Crippen molar-refractivity contribution in [3.05, 3.63) is 58.4 Å². The van der Waals surface area contributed by atoms with Crippen LogP contribution in [0.1, 0.15) is 11.1 Å². The van der Waals surface area contributed by atoms with Gasteiger partial charge in [-0.1, -0.05) is 29.5 Å². The molecule has 0 unspecified atom stereocenters. The predicted molar refractivity (Wildman–Crippen MR) is 99.3 cm³/mol. The van der Waals surface area contributed by atoms with Crippen molar-refractivity contribution in [2.24, 2.45) is 12.0 Å². The number of hydrogen-bond donors (Lipinski definition) is 0. The van der Waals surface area contributed by atoms with E-state index in [4.69, 9.17) is 0 Å². The maximum atomic E-state index is 12.3. The van der Waals surface area contributed by atoms with Crippen LogP contribution in [0.2, 0.25) is 0 Å². The fraction of sp³-hybridized carbons (Fsp3) is 0.222. The summed E-state index contributed by atoms with van der Waals surface area (Å²) < 4.78 is 27.4. The van der Waals surface area contributed by atoms with E-state index < -0.39 is 21.5 Å². The molecule has 25 heavy (non-hydrogen) atoms. The van der Waals surface area contributed by atoms with Gasteiger partial charge in [0.25, 0.3) is 5.91 Å². The van der Waals surface area contributed by atoms with Crippen LogP contribution in [0.15, 0.2) is 52.4 Å². The summed E-state index contributed by atoms with van der Waals surface area (Å²) in [6.45, 7) is 4.06. The van der Waals surface area contributed by atoms with Crippen LogP contribution in [-0.4, -0.2) is 24.6 Å². The molecule has 3 aromatic rings. The van der Waals surface area contributed by atoms with Gasteiger partial charge in [0.05, 0.1) is 15.1 Å². The van der Waals surface area contributed by atoms with E-state index in [1.54, 1.807) is 18.2 Å². The lowest BCUT2D eigenvalue weighted by atomic mass is 10.1. The summed E-state index contributed by atoms with van der Waals surface area (Å²) in [4.78, 5) is 16.9. The average molecular weight is 374 g/mol. The predicted octanol–water partition coefficient (Wildman–Crippen LogP) is 2.76. The number of rotatable bonds is 3. The van der Waals surface area contributed by atoms with Crippen molar-refractivity contribution in [1.29, 1.82) is 0 Å². The summed E-state index contributed by atoms with van der Waals surface area (Å²) >= 11 is 1.38. The maximum Gasteiger partial charge on any atom is 0.263 e. The van der Waals surface area contributed by atoms with Crippen LogP contribution in [0.5, 0.6) is 0 Å². The van der Waals surface area contributed by atoms with E-state index in [1.807, 2.05) is 31.5 Å². The highest BCUT2D eigenvalue weighted by Gasteiger charge is 2.19. The Balaban J connectivity index is 1.97. The van der Waals surface area contributed by atoms with Crippen LogP contribution in [0.3, 0.4) is 0 Å². The summed E-state index contributed by atoms with van der Waals surface area (Å²) in [6.07, 6.45) is 0. The number of hydrogen-bond acceptors (Lipinski definition) is 4. The van der Waals surface area contributed by atoms with Gasteiger partial charge in [0.1, 0.15) is 5.75 Å². The molecule has 0 radical (unpaired) electrons. The Morgan fingerprint density at radius 1 is 1.12 bits per heavy atom. The Hall–Kier alpha value is -2.25. The zero-order valence-corrected chi connectivity index (χ0v) is 15.8. The highest BCUT2D eigenvalue weighted by Crippen LogP contribution is 2.21. The van der Waals surface area contributed by atoms with Crippen molar-refractivity contribution < 1.29 is 13.2 Å². The number of aromatic nitrogens is 1. The molecule has 2 aromatic carbocycles.